The van der Waals surface area contributed by atoms with Crippen molar-refractivity contribution < 1.29 is 0 Å². The molecule has 1 aromatic carbocycles. The Morgan fingerprint density at radius 2 is 1.93 bits per heavy atom. The molecular weight excluding hydrogens is 170 g/mol. The third-order valence-corrected chi connectivity index (χ3v) is 2.45. The van der Waals surface area contributed by atoms with Crippen molar-refractivity contribution in [3.05, 3.63) is 35.9 Å². The summed E-state index contributed by atoms with van der Waals surface area (Å²) < 4.78 is 0. The van der Waals surface area contributed by atoms with Crippen molar-refractivity contribution >= 4 is 0 Å². The maximum Gasteiger partial charge on any atom is 0.0605 e. The van der Waals surface area contributed by atoms with E-state index in [-0.39, 0.29) is 0 Å². The average molecular weight is 184 g/mol. The zero-order valence-electron chi connectivity index (χ0n) is 8.29. The van der Waals surface area contributed by atoms with Crippen LogP contribution in [0.1, 0.15) is 18.4 Å². The topological polar surface area (TPSA) is 3.24 Å². The number of likely N-dealkylation sites (tertiary alicyclic amines) is 1. The maximum absolute atomic E-state index is 3.21. The fourth-order valence-corrected chi connectivity index (χ4v) is 1.66. The van der Waals surface area contributed by atoms with E-state index in [1.165, 1.54) is 25.9 Å². The number of benzene rings is 1. The first-order chi connectivity index (χ1) is 6.95. The van der Waals surface area contributed by atoms with Gasteiger partial charge in [-0.1, -0.05) is 24.0 Å². The van der Waals surface area contributed by atoms with Crippen molar-refractivity contribution in [1.82, 2.24) is 4.90 Å². The van der Waals surface area contributed by atoms with Crippen LogP contribution in [0.3, 0.4) is 0 Å². The zero-order chi connectivity index (χ0) is 9.64. The van der Waals surface area contributed by atoms with E-state index in [1.54, 1.807) is 0 Å². The van der Waals surface area contributed by atoms with Gasteiger partial charge in [0.05, 0.1) is 6.54 Å². The number of rotatable bonds is 1. The molecule has 1 saturated heterocycles. The number of nitrogens with zero attached hydrogens (tertiary/aromatic N) is 1. The highest BCUT2D eigenvalue weighted by atomic mass is 15.1. The van der Waals surface area contributed by atoms with Gasteiger partial charge in [-0.3, -0.25) is 4.90 Å². The molecule has 0 N–H and O–H groups in total. The van der Waals surface area contributed by atoms with Gasteiger partial charge in [-0.2, -0.15) is 0 Å². The van der Waals surface area contributed by atoms with Gasteiger partial charge < -0.3 is 0 Å². The Balaban J connectivity index is 1.87. The summed E-state index contributed by atoms with van der Waals surface area (Å²) in [4.78, 5) is 2.40. The summed E-state index contributed by atoms with van der Waals surface area (Å²) in [5, 5.41) is 0. The third-order valence-electron chi connectivity index (χ3n) is 2.45. The van der Waals surface area contributed by atoms with Crippen molar-refractivity contribution in [2.75, 3.05) is 19.6 Å². The lowest BCUT2D eigenvalue weighted by molar-refractivity contribution is 0.383. The number of hydrogen-bond acceptors (Lipinski definition) is 1. The summed E-state index contributed by atoms with van der Waals surface area (Å²) in [7, 11) is 0. The van der Waals surface area contributed by atoms with Crippen LogP contribution in [0.4, 0.5) is 0 Å². The largest absolute Gasteiger partial charge is 0.292 e. The van der Waals surface area contributed by atoms with E-state index in [0.29, 0.717) is 0 Å². The van der Waals surface area contributed by atoms with E-state index in [2.05, 4.69) is 22.8 Å². The normalized spacial score (nSPS) is 16.3. The smallest absolute Gasteiger partial charge is 0.0605 e. The molecule has 0 unspecified atom stereocenters. The predicted molar refractivity (Wildman–Crippen MR) is 57.8 cm³/mol. The van der Waals surface area contributed by atoms with Crippen LogP contribution in [-0.2, 0) is 0 Å². The van der Waals surface area contributed by atoms with Crippen LogP contribution < -0.4 is 0 Å². The van der Waals surface area contributed by atoms with Gasteiger partial charge in [0, 0.05) is 5.56 Å². The summed E-state index contributed by atoms with van der Waals surface area (Å²) in [5.74, 6) is 6.37. The molecule has 1 heterocycles. The van der Waals surface area contributed by atoms with E-state index >= 15 is 0 Å². The molecule has 1 nitrogen and oxygen atoms in total. The first-order valence-electron chi connectivity index (χ1n) is 5.12. The molecule has 1 aromatic rings. The minimum Gasteiger partial charge on any atom is -0.292 e. The second kappa shape index (κ2) is 4.83. The van der Waals surface area contributed by atoms with E-state index in [9.17, 15) is 0 Å². The summed E-state index contributed by atoms with van der Waals surface area (Å²) in [5.41, 5.74) is 1.09. The average Bonchev–Trinajstić information content (AvgIpc) is 2.72. The fraction of sp³-hybridized carbons (Fsp3) is 0.385. The monoisotopic (exact) mass is 184 g/mol. The maximum atomic E-state index is 3.21. The number of hydrogen-bond donors (Lipinski definition) is 0. The Kier molecular flexibility index (Phi) is 3.21. The molecule has 0 amide bonds. The second-order valence-corrected chi connectivity index (χ2v) is 3.57. The van der Waals surface area contributed by atoms with Crippen LogP contribution in [0.5, 0.6) is 0 Å². The minimum absolute atomic E-state index is 0.915. The van der Waals surface area contributed by atoms with Crippen LogP contribution in [0.2, 0.25) is 0 Å². The molecule has 0 spiro atoms. The van der Waals surface area contributed by atoms with Gasteiger partial charge in [0.1, 0.15) is 0 Å². The molecule has 14 heavy (non-hydrogen) atoms. The fourth-order valence-electron chi connectivity index (χ4n) is 1.66. The Hall–Kier alpha value is -1.26. The van der Waals surface area contributed by atoms with Gasteiger partial charge in [0.2, 0.25) is 0 Å². The Morgan fingerprint density at radius 3 is 2.64 bits per heavy atom. The molecule has 0 saturated carbocycles. The van der Waals surface area contributed by atoms with Gasteiger partial charge in [0.25, 0.3) is 0 Å². The van der Waals surface area contributed by atoms with Gasteiger partial charge in [-0.25, -0.2) is 0 Å². The Labute approximate surface area is 85.7 Å². The lowest BCUT2D eigenvalue weighted by Crippen LogP contribution is -2.18. The van der Waals surface area contributed by atoms with E-state index < -0.39 is 0 Å². The highest BCUT2D eigenvalue weighted by molar-refractivity contribution is 5.33. The Morgan fingerprint density at radius 1 is 1.21 bits per heavy atom. The summed E-state index contributed by atoms with van der Waals surface area (Å²) in [6.07, 6.45) is 2.67. The van der Waals surface area contributed by atoms with Gasteiger partial charge in [-0.15, -0.1) is 0 Å². The summed E-state index contributed by atoms with van der Waals surface area (Å²) >= 11 is 0. The lowest BCUT2D eigenvalue weighted by atomic mass is 10.2. The van der Waals surface area contributed by atoms with E-state index in [0.717, 1.165) is 12.1 Å². The highest BCUT2D eigenvalue weighted by Crippen LogP contribution is 2.05. The van der Waals surface area contributed by atoms with E-state index in [4.69, 9.17) is 0 Å². The van der Waals surface area contributed by atoms with Crippen LogP contribution in [0.25, 0.3) is 0 Å². The van der Waals surface area contributed by atoms with Crippen molar-refractivity contribution in [3.8, 4) is 11.8 Å². The van der Waals surface area contributed by atoms with Crippen molar-refractivity contribution in [2.45, 2.75) is 12.8 Å². The van der Waals surface area contributed by atoms with Crippen molar-refractivity contribution in [2.24, 2.45) is 0 Å². The predicted octanol–water partition coefficient (Wildman–Crippen LogP) is 1.93. The first kappa shape index (κ1) is 9.30. The van der Waals surface area contributed by atoms with Gasteiger partial charge in [-0.05, 0) is 44.1 Å². The van der Waals surface area contributed by atoms with Crippen molar-refractivity contribution in [1.29, 1.82) is 0 Å². The minimum atomic E-state index is 0.915. The molecule has 0 atom stereocenters. The highest BCUT2D eigenvalue weighted by Gasteiger charge is 2.08. The Bertz CT molecular complexity index is 325. The molecule has 0 aliphatic carbocycles. The van der Waals surface area contributed by atoms with Crippen LogP contribution in [0.15, 0.2) is 24.3 Å². The zero-order valence-corrected chi connectivity index (χ0v) is 8.29. The molecule has 1 fully saturated rings. The first-order valence-corrected chi connectivity index (χ1v) is 5.12. The standard InChI is InChI=1S/C13H14N/c1-2-7-13(8-3-1)9-6-12-14-10-4-5-11-14/h2-3,7-8H,4-5,10-12H2. The van der Waals surface area contributed by atoms with Crippen LogP contribution >= 0.6 is 0 Å². The summed E-state index contributed by atoms with van der Waals surface area (Å²) in [6.45, 7) is 3.35. The van der Waals surface area contributed by atoms with E-state index in [1.807, 2.05) is 24.3 Å². The molecule has 0 bridgehead atoms. The molecule has 2 rings (SSSR count). The van der Waals surface area contributed by atoms with Gasteiger partial charge in [0.15, 0.2) is 0 Å². The SMILES string of the molecule is C(#Cc1cc[c]cc1)CN1CCCC1. The molecule has 0 aromatic heterocycles. The lowest BCUT2D eigenvalue weighted by Gasteiger charge is -2.08. The molecule has 1 radical (unpaired) electrons. The molecule has 1 heteroatoms. The molecule has 1 aliphatic heterocycles. The second-order valence-electron chi connectivity index (χ2n) is 3.57. The van der Waals surface area contributed by atoms with Crippen LogP contribution in [0, 0.1) is 17.9 Å². The molecule has 71 valence electrons. The summed E-state index contributed by atoms with van der Waals surface area (Å²) in [6, 6.07) is 10.8. The quantitative estimate of drug-likeness (QED) is 0.603. The molecule has 1 aliphatic rings. The van der Waals surface area contributed by atoms with Crippen LogP contribution in [-0.4, -0.2) is 24.5 Å². The van der Waals surface area contributed by atoms with Gasteiger partial charge >= 0.3 is 0 Å². The van der Waals surface area contributed by atoms with Crippen molar-refractivity contribution in [3.63, 3.8) is 0 Å². The molecular formula is C13H14N. The third kappa shape index (κ3) is 2.61.